The van der Waals surface area contributed by atoms with Crippen LogP contribution in [0.2, 0.25) is 0 Å². The van der Waals surface area contributed by atoms with E-state index in [9.17, 15) is 4.79 Å². The number of methoxy groups -OCH3 is 1. The minimum Gasteiger partial charge on any atom is -0.497 e. The van der Waals surface area contributed by atoms with Gasteiger partial charge in [0.25, 0.3) is 5.91 Å². The lowest BCUT2D eigenvalue weighted by molar-refractivity contribution is 0.0957. The summed E-state index contributed by atoms with van der Waals surface area (Å²) in [6, 6.07) is 23.1. The normalized spacial score (nSPS) is 11.0. The van der Waals surface area contributed by atoms with Gasteiger partial charge in [0.15, 0.2) is 0 Å². The fourth-order valence-electron chi connectivity index (χ4n) is 3.05. The molecule has 138 valence electrons. The van der Waals surface area contributed by atoms with Crippen LogP contribution in [-0.4, -0.2) is 23.8 Å². The molecule has 28 heavy (non-hydrogen) atoms. The summed E-state index contributed by atoms with van der Waals surface area (Å²) in [7, 11) is 1.64. The maximum absolute atomic E-state index is 12.5. The highest BCUT2D eigenvalue weighted by molar-refractivity contribution is 6.07. The lowest BCUT2D eigenvalue weighted by Gasteiger charge is -2.04. The summed E-state index contributed by atoms with van der Waals surface area (Å²) in [6.07, 6.45) is 5.51. The number of hydrogen-bond acceptors (Lipinski definition) is 3. The number of rotatable bonds is 5. The second kappa shape index (κ2) is 7.80. The molecule has 0 aliphatic rings. The lowest BCUT2D eigenvalue weighted by Crippen LogP contribution is -2.17. The zero-order valence-electron chi connectivity index (χ0n) is 15.4. The molecule has 1 amide bonds. The fraction of sp³-hybridized carbons (Fsp3) is 0.0435. The molecule has 5 heteroatoms. The van der Waals surface area contributed by atoms with E-state index in [1.54, 1.807) is 19.4 Å². The highest BCUT2D eigenvalue weighted by atomic mass is 16.5. The van der Waals surface area contributed by atoms with Crippen molar-refractivity contribution in [3.8, 4) is 11.4 Å². The maximum atomic E-state index is 12.5. The van der Waals surface area contributed by atoms with Crippen molar-refractivity contribution in [2.24, 2.45) is 5.10 Å². The number of benzene rings is 3. The van der Waals surface area contributed by atoms with Crippen LogP contribution in [0, 0.1) is 0 Å². The Morgan fingerprint density at radius 1 is 1.00 bits per heavy atom. The van der Waals surface area contributed by atoms with Gasteiger partial charge < -0.3 is 9.30 Å². The molecule has 1 aromatic heterocycles. The Balaban J connectivity index is 1.46. The highest BCUT2D eigenvalue weighted by Gasteiger charge is 2.08. The number of aromatic nitrogens is 1. The smallest absolute Gasteiger partial charge is 0.271 e. The molecule has 4 rings (SSSR count). The standard InChI is InChI=1S/C23H19N3O2/c1-28-20-11-9-19(10-12-20)26-14-13-17(16-26)15-24-25-23(27)22-8-4-6-18-5-2-3-7-21(18)22/h2-16H,1H3,(H,25,27)/b24-15-. The molecule has 0 unspecified atom stereocenters. The van der Waals surface area contributed by atoms with Gasteiger partial charge in [0.1, 0.15) is 5.75 Å². The Labute approximate surface area is 162 Å². The van der Waals surface area contributed by atoms with Crippen LogP contribution in [0.3, 0.4) is 0 Å². The van der Waals surface area contributed by atoms with Crippen LogP contribution >= 0.6 is 0 Å². The Morgan fingerprint density at radius 3 is 2.61 bits per heavy atom. The van der Waals surface area contributed by atoms with Gasteiger partial charge >= 0.3 is 0 Å². The predicted molar refractivity (Wildman–Crippen MR) is 111 cm³/mol. The van der Waals surface area contributed by atoms with Crippen LogP contribution in [0.15, 0.2) is 90.3 Å². The van der Waals surface area contributed by atoms with E-state index < -0.39 is 0 Å². The first kappa shape index (κ1) is 17.5. The Morgan fingerprint density at radius 2 is 1.79 bits per heavy atom. The molecule has 5 nitrogen and oxygen atoms in total. The fourth-order valence-corrected chi connectivity index (χ4v) is 3.05. The molecule has 0 saturated heterocycles. The van der Waals surface area contributed by atoms with Crippen LogP contribution in [0.1, 0.15) is 15.9 Å². The maximum Gasteiger partial charge on any atom is 0.271 e. The highest BCUT2D eigenvalue weighted by Crippen LogP contribution is 2.18. The summed E-state index contributed by atoms with van der Waals surface area (Å²) in [6.45, 7) is 0. The molecule has 0 aliphatic carbocycles. The van der Waals surface area contributed by atoms with E-state index in [1.807, 2.05) is 83.7 Å². The molecule has 0 spiro atoms. The van der Waals surface area contributed by atoms with Crippen molar-refractivity contribution in [3.63, 3.8) is 0 Å². The zero-order chi connectivity index (χ0) is 19.3. The SMILES string of the molecule is COc1ccc(-n2ccc(/C=N\NC(=O)c3cccc4ccccc34)c2)cc1. The first-order chi connectivity index (χ1) is 13.7. The first-order valence-corrected chi connectivity index (χ1v) is 8.88. The second-order valence-electron chi connectivity index (χ2n) is 6.28. The third-order valence-electron chi connectivity index (χ3n) is 4.50. The Bertz CT molecular complexity index is 1140. The summed E-state index contributed by atoms with van der Waals surface area (Å²) >= 11 is 0. The van der Waals surface area contributed by atoms with Gasteiger partial charge in [-0.05, 0) is 47.2 Å². The average Bonchev–Trinajstić information content (AvgIpc) is 3.22. The van der Waals surface area contributed by atoms with Gasteiger partial charge in [-0.15, -0.1) is 0 Å². The summed E-state index contributed by atoms with van der Waals surface area (Å²) in [5, 5.41) is 6.03. The van der Waals surface area contributed by atoms with Crippen molar-refractivity contribution >= 4 is 22.9 Å². The van der Waals surface area contributed by atoms with Crippen molar-refractivity contribution in [2.75, 3.05) is 7.11 Å². The van der Waals surface area contributed by atoms with Crippen molar-refractivity contribution < 1.29 is 9.53 Å². The molecule has 3 aromatic carbocycles. The van der Waals surface area contributed by atoms with Gasteiger partial charge in [-0.2, -0.15) is 5.10 Å². The van der Waals surface area contributed by atoms with Crippen LogP contribution in [0.4, 0.5) is 0 Å². The molecule has 4 aromatic rings. The van der Waals surface area contributed by atoms with Crippen molar-refractivity contribution in [1.82, 2.24) is 9.99 Å². The third kappa shape index (κ3) is 3.64. The predicted octanol–water partition coefficient (Wildman–Crippen LogP) is 4.40. The first-order valence-electron chi connectivity index (χ1n) is 8.88. The van der Waals surface area contributed by atoms with Gasteiger partial charge in [-0.3, -0.25) is 4.79 Å². The molecule has 1 N–H and O–H groups in total. The number of amides is 1. The van der Waals surface area contributed by atoms with E-state index in [2.05, 4.69) is 10.5 Å². The second-order valence-corrected chi connectivity index (χ2v) is 6.28. The van der Waals surface area contributed by atoms with Crippen LogP contribution in [0.5, 0.6) is 5.75 Å². The summed E-state index contributed by atoms with van der Waals surface area (Å²) in [5.41, 5.74) is 5.11. The molecule has 1 heterocycles. The van der Waals surface area contributed by atoms with E-state index >= 15 is 0 Å². The van der Waals surface area contributed by atoms with Gasteiger partial charge in [-0.1, -0.05) is 36.4 Å². The molecule has 0 aliphatic heterocycles. The monoisotopic (exact) mass is 369 g/mol. The minimum atomic E-state index is -0.234. The minimum absolute atomic E-state index is 0.234. The van der Waals surface area contributed by atoms with Crippen LogP contribution < -0.4 is 10.2 Å². The largest absolute Gasteiger partial charge is 0.497 e. The zero-order valence-corrected chi connectivity index (χ0v) is 15.4. The number of ether oxygens (including phenoxy) is 1. The summed E-state index contributed by atoms with van der Waals surface area (Å²) < 4.78 is 7.16. The van der Waals surface area contributed by atoms with Crippen molar-refractivity contribution in [2.45, 2.75) is 0 Å². The number of hydrazone groups is 1. The number of hydrogen-bond donors (Lipinski definition) is 1. The molecule has 0 atom stereocenters. The quantitative estimate of drug-likeness (QED) is 0.419. The van der Waals surface area contributed by atoms with Crippen LogP contribution in [0.25, 0.3) is 16.5 Å². The van der Waals surface area contributed by atoms with E-state index in [0.717, 1.165) is 27.8 Å². The molecule has 0 saturated carbocycles. The van der Waals surface area contributed by atoms with E-state index in [-0.39, 0.29) is 5.91 Å². The number of carbonyl (C=O) groups excluding carboxylic acids is 1. The van der Waals surface area contributed by atoms with Gasteiger partial charge in [-0.25, -0.2) is 5.43 Å². The number of carbonyl (C=O) groups is 1. The molecule has 0 radical (unpaired) electrons. The topological polar surface area (TPSA) is 55.6 Å². The van der Waals surface area contributed by atoms with E-state index in [1.165, 1.54) is 0 Å². The van der Waals surface area contributed by atoms with Gasteiger partial charge in [0.2, 0.25) is 0 Å². The van der Waals surface area contributed by atoms with Crippen LogP contribution in [-0.2, 0) is 0 Å². The van der Waals surface area contributed by atoms with Crippen molar-refractivity contribution in [1.29, 1.82) is 0 Å². The summed E-state index contributed by atoms with van der Waals surface area (Å²) in [4.78, 5) is 12.5. The molecule has 0 fully saturated rings. The lowest BCUT2D eigenvalue weighted by atomic mass is 10.0. The number of nitrogens with zero attached hydrogens (tertiary/aromatic N) is 2. The van der Waals surface area contributed by atoms with Crippen molar-refractivity contribution in [3.05, 3.63) is 96.3 Å². The number of fused-ring (bicyclic) bond motifs is 1. The molecular formula is C23H19N3O2. The third-order valence-corrected chi connectivity index (χ3v) is 4.50. The summed E-state index contributed by atoms with van der Waals surface area (Å²) in [5.74, 6) is 0.580. The number of nitrogens with one attached hydrogen (secondary N) is 1. The molecule has 0 bridgehead atoms. The Kier molecular flexibility index (Phi) is 4.89. The van der Waals surface area contributed by atoms with Gasteiger partial charge in [0, 0.05) is 29.2 Å². The van der Waals surface area contributed by atoms with E-state index in [4.69, 9.17) is 4.74 Å². The average molecular weight is 369 g/mol. The Hall–Kier alpha value is -3.86. The molecular weight excluding hydrogens is 350 g/mol. The van der Waals surface area contributed by atoms with Gasteiger partial charge in [0.05, 0.1) is 13.3 Å². The van der Waals surface area contributed by atoms with E-state index in [0.29, 0.717) is 5.56 Å².